The van der Waals surface area contributed by atoms with E-state index in [1.54, 1.807) is 41.9 Å². The third-order valence-electron chi connectivity index (χ3n) is 4.76. The number of piperidine rings is 1. The molecule has 2 amide bonds. The van der Waals surface area contributed by atoms with Crippen LogP contribution in [0.4, 0.5) is 0 Å². The third kappa shape index (κ3) is 5.62. The molecule has 8 nitrogen and oxygen atoms in total. The van der Waals surface area contributed by atoms with Gasteiger partial charge in [0.1, 0.15) is 4.21 Å². The summed E-state index contributed by atoms with van der Waals surface area (Å²) in [5.74, 6) is -1.47. The summed E-state index contributed by atoms with van der Waals surface area (Å²) in [6.07, 6.45) is 4.58. The van der Waals surface area contributed by atoms with Crippen molar-refractivity contribution in [1.82, 2.24) is 19.9 Å². The van der Waals surface area contributed by atoms with E-state index in [-0.39, 0.29) is 19.1 Å². The molecule has 3 rings (SSSR count). The average Bonchev–Trinajstić information content (AvgIpc) is 3.29. The van der Waals surface area contributed by atoms with E-state index in [0.29, 0.717) is 22.9 Å². The highest BCUT2D eigenvalue weighted by atomic mass is 32.2. The molecule has 2 aromatic rings. The number of pyridine rings is 1. The first kappa shape index (κ1) is 21.4. The fourth-order valence-corrected chi connectivity index (χ4v) is 6.13. The van der Waals surface area contributed by atoms with Crippen LogP contribution in [0.15, 0.2) is 46.1 Å². The highest BCUT2D eigenvalue weighted by Crippen LogP contribution is 2.28. The Morgan fingerprint density at radius 3 is 2.69 bits per heavy atom. The number of hydrogen-bond acceptors (Lipinski definition) is 6. The Morgan fingerprint density at radius 2 is 1.97 bits per heavy atom. The standard InChI is InChI=1S/C19H24N4O4S2/c24-18(19(25)22-14-15-6-1-3-10-20-15)21-11-9-16-7-2-4-12-23(16)29(26,27)17-8-5-13-28-17/h1,3,5-6,8,10,13,16H,2,4,7,9,11-12,14H2,(H,21,24)(H,22,25)/t16-/m0/s1. The van der Waals surface area contributed by atoms with Gasteiger partial charge in [-0.2, -0.15) is 4.31 Å². The Hall–Kier alpha value is -2.30. The number of carbonyl (C=O) groups excluding carboxylic acids is 2. The number of rotatable bonds is 7. The van der Waals surface area contributed by atoms with Gasteiger partial charge >= 0.3 is 11.8 Å². The van der Waals surface area contributed by atoms with Crippen LogP contribution < -0.4 is 10.6 Å². The molecule has 156 valence electrons. The van der Waals surface area contributed by atoms with Crippen molar-refractivity contribution in [2.45, 2.75) is 42.5 Å². The number of aromatic nitrogens is 1. The van der Waals surface area contributed by atoms with Gasteiger partial charge in [0.05, 0.1) is 12.2 Å². The van der Waals surface area contributed by atoms with E-state index in [2.05, 4.69) is 15.6 Å². The van der Waals surface area contributed by atoms with Crippen LogP contribution in [0.3, 0.4) is 0 Å². The van der Waals surface area contributed by atoms with Crippen molar-refractivity contribution in [3.63, 3.8) is 0 Å². The smallest absolute Gasteiger partial charge is 0.309 e. The van der Waals surface area contributed by atoms with Crippen molar-refractivity contribution in [2.24, 2.45) is 0 Å². The second-order valence-electron chi connectivity index (χ2n) is 6.75. The third-order valence-corrected chi connectivity index (χ3v) is 8.08. The first-order valence-corrected chi connectivity index (χ1v) is 11.8. The predicted molar refractivity (Wildman–Crippen MR) is 110 cm³/mol. The van der Waals surface area contributed by atoms with Crippen LogP contribution in [0.25, 0.3) is 0 Å². The summed E-state index contributed by atoms with van der Waals surface area (Å²) in [5.41, 5.74) is 0.658. The Kier molecular flexibility index (Phi) is 7.34. The number of hydrogen-bond donors (Lipinski definition) is 2. The van der Waals surface area contributed by atoms with Crippen LogP contribution in [-0.2, 0) is 26.2 Å². The largest absolute Gasteiger partial charge is 0.348 e. The van der Waals surface area contributed by atoms with E-state index in [1.807, 2.05) is 0 Å². The zero-order valence-electron chi connectivity index (χ0n) is 15.9. The van der Waals surface area contributed by atoms with Crippen LogP contribution in [0, 0.1) is 0 Å². The van der Waals surface area contributed by atoms with E-state index in [4.69, 9.17) is 0 Å². The molecule has 0 aliphatic carbocycles. The Balaban J connectivity index is 1.49. The minimum absolute atomic E-state index is 0.169. The normalized spacial score (nSPS) is 17.6. The summed E-state index contributed by atoms with van der Waals surface area (Å²) in [4.78, 5) is 28.0. The first-order chi connectivity index (χ1) is 14.0. The van der Waals surface area contributed by atoms with Gasteiger partial charge in [0, 0.05) is 25.3 Å². The van der Waals surface area contributed by atoms with Crippen LogP contribution in [-0.4, -0.2) is 48.7 Å². The maximum atomic E-state index is 12.9. The number of thiophene rings is 1. The molecule has 2 N–H and O–H groups in total. The lowest BCUT2D eigenvalue weighted by Crippen LogP contribution is -2.46. The average molecular weight is 437 g/mol. The maximum Gasteiger partial charge on any atom is 0.309 e. The molecule has 1 atom stereocenters. The van der Waals surface area contributed by atoms with E-state index in [9.17, 15) is 18.0 Å². The lowest BCUT2D eigenvalue weighted by atomic mass is 10.0. The number of amides is 2. The van der Waals surface area contributed by atoms with Crippen molar-refractivity contribution in [2.75, 3.05) is 13.1 Å². The molecule has 10 heteroatoms. The molecule has 1 aliphatic rings. The van der Waals surface area contributed by atoms with Gasteiger partial charge in [0.2, 0.25) is 0 Å². The topological polar surface area (TPSA) is 108 Å². The van der Waals surface area contributed by atoms with E-state index >= 15 is 0 Å². The fraction of sp³-hybridized carbons (Fsp3) is 0.421. The number of nitrogens with one attached hydrogen (secondary N) is 2. The van der Waals surface area contributed by atoms with Crippen molar-refractivity contribution in [1.29, 1.82) is 0 Å². The van der Waals surface area contributed by atoms with Crippen LogP contribution in [0.1, 0.15) is 31.4 Å². The molecule has 0 spiro atoms. The van der Waals surface area contributed by atoms with Gasteiger partial charge in [-0.05, 0) is 42.8 Å². The number of nitrogens with zero attached hydrogens (tertiary/aromatic N) is 2. The summed E-state index contributed by atoms with van der Waals surface area (Å²) in [6.45, 7) is 0.878. The van der Waals surface area contributed by atoms with Crippen molar-refractivity contribution in [3.8, 4) is 0 Å². The molecule has 0 radical (unpaired) electrons. The van der Waals surface area contributed by atoms with Gasteiger partial charge in [-0.15, -0.1) is 11.3 Å². The highest BCUT2D eigenvalue weighted by Gasteiger charge is 2.33. The SMILES string of the molecule is O=C(NCC[C@@H]1CCCCN1S(=O)(=O)c1cccs1)C(=O)NCc1ccccn1. The molecule has 3 heterocycles. The Bertz CT molecular complexity index is 917. The molecule has 1 saturated heterocycles. The van der Waals surface area contributed by atoms with Gasteiger partial charge in [0.25, 0.3) is 10.0 Å². The summed E-state index contributed by atoms with van der Waals surface area (Å²) in [6, 6.07) is 8.47. The first-order valence-electron chi connectivity index (χ1n) is 9.50. The molecule has 0 bridgehead atoms. The molecular formula is C19H24N4O4S2. The number of carbonyl (C=O) groups is 2. The molecule has 29 heavy (non-hydrogen) atoms. The van der Waals surface area contributed by atoms with Crippen LogP contribution in [0.2, 0.25) is 0 Å². The monoisotopic (exact) mass is 436 g/mol. The van der Waals surface area contributed by atoms with E-state index in [1.165, 1.54) is 15.6 Å². The van der Waals surface area contributed by atoms with Gasteiger partial charge in [-0.25, -0.2) is 8.42 Å². The Morgan fingerprint density at radius 1 is 1.14 bits per heavy atom. The quantitative estimate of drug-likeness (QED) is 0.640. The molecule has 1 aliphatic heterocycles. The number of sulfonamides is 1. The minimum atomic E-state index is -3.52. The van der Waals surface area contributed by atoms with Gasteiger partial charge in [0.15, 0.2) is 0 Å². The van der Waals surface area contributed by atoms with Gasteiger partial charge in [-0.3, -0.25) is 14.6 Å². The molecule has 0 saturated carbocycles. The molecule has 0 aromatic carbocycles. The van der Waals surface area contributed by atoms with Crippen molar-refractivity contribution >= 4 is 33.2 Å². The van der Waals surface area contributed by atoms with Crippen molar-refractivity contribution < 1.29 is 18.0 Å². The van der Waals surface area contributed by atoms with Gasteiger partial charge < -0.3 is 10.6 Å². The molecule has 0 unspecified atom stereocenters. The summed E-state index contributed by atoms with van der Waals surface area (Å²) in [7, 11) is -3.52. The lowest BCUT2D eigenvalue weighted by molar-refractivity contribution is -0.139. The van der Waals surface area contributed by atoms with Gasteiger partial charge in [-0.1, -0.05) is 18.6 Å². The minimum Gasteiger partial charge on any atom is -0.348 e. The zero-order valence-corrected chi connectivity index (χ0v) is 17.5. The maximum absolute atomic E-state index is 12.9. The second kappa shape index (κ2) is 9.95. The predicted octanol–water partition coefficient (Wildman–Crippen LogP) is 1.51. The van der Waals surface area contributed by atoms with Crippen molar-refractivity contribution in [3.05, 3.63) is 47.6 Å². The Labute approximate surface area is 174 Å². The van der Waals surface area contributed by atoms with Crippen LogP contribution >= 0.6 is 11.3 Å². The molecule has 2 aromatic heterocycles. The zero-order chi connectivity index (χ0) is 20.7. The summed E-state index contributed by atoms with van der Waals surface area (Å²) >= 11 is 1.20. The van der Waals surface area contributed by atoms with Crippen LogP contribution in [0.5, 0.6) is 0 Å². The fourth-order valence-electron chi connectivity index (χ4n) is 3.29. The molecular weight excluding hydrogens is 412 g/mol. The highest BCUT2D eigenvalue weighted by molar-refractivity contribution is 7.91. The lowest BCUT2D eigenvalue weighted by Gasteiger charge is -2.34. The van der Waals surface area contributed by atoms with E-state index in [0.717, 1.165) is 19.3 Å². The van der Waals surface area contributed by atoms with E-state index < -0.39 is 21.8 Å². The summed E-state index contributed by atoms with van der Waals surface area (Å²) < 4.78 is 27.6. The second-order valence-corrected chi connectivity index (χ2v) is 9.81. The molecule has 1 fully saturated rings. The summed E-state index contributed by atoms with van der Waals surface area (Å²) in [5, 5.41) is 6.85.